The van der Waals surface area contributed by atoms with Crippen LogP contribution in [0.25, 0.3) is 0 Å². The Balaban J connectivity index is 1.78. The van der Waals surface area contributed by atoms with Crippen molar-refractivity contribution in [3.63, 3.8) is 0 Å². The summed E-state index contributed by atoms with van der Waals surface area (Å²) in [5, 5.41) is 5.41. The Morgan fingerprint density at radius 1 is 1.35 bits per heavy atom. The maximum atomic E-state index is 12.2. The average molecular weight is 277 g/mol. The van der Waals surface area contributed by atoms with Gasteiger partial charge in [-0.15, -0.1) is 0 Å². The van der Waals surface area contributed by atoms with Crippen LogP contribution in [0.1, 0.15) is 23.2 Å². The van der Waals surface area contributed by atoms with Gasteiger partial charge in [0.25, 0.3) is 5.91 Å². The summed E-state index contributed by atoms with van der Waals surface area (Å²) in [5.74, 6) is 0.457. The van der Waals surface area contributed by atoms with Crippen LogP contribution in [-0.2, 0) is 4.79 Å². The lowest BCUT2D eigenvalue weighted by Crippen LogP contribution is -2.50. The summed E-state index contributed by atoms with van der Waals surface area (Å²) in [5.41, 5.74) is 6.42. The van der Waals surface area contributed by atoms with Gasteiger partial charge in [-0.2, -0.15) is 0 Å². The summed E-state index contributed by atoms with van der Waals surface area (Å²) >= 11 is 0. The zero-order chi connectivity index (χ0) is 14.1. The summed E-state index contributed by atoms with van der Waals surface area (Å²) in [6.45, 7) is 0.766. The first-order valence-electron chi connectivity index (χ1n) is 6.43. The van der Waals surface area contributed by atoms with Crippen LogP contribution in [0.4, 0.5) is 5.69 Å². The second kappa shape index (κ2) is 4.92. The molecule has 2 aliphatic rings. The normalized spacial score (nSPS) is 20.4. The Morgan fingerprint density at radius 2 is 2.10 bits per heavy atom. The summed E-state index contributed by atoms with van der Waals surface area (Å²) in [6, 6.07) is 2.58. The van der Waals surface area contributed by atoms with Gasteiger partial charge in [-0.3, -0.25) is 9.59 Å². The molecular weight excluding hydrogens is 262 g/mol. The van der Waals surface area contributed by atoms with E-state index < -0.39 is 6.04 Å². The smallest absolute Gasteiger partial charge is 0.254 e. The third kappa shape index (κ3) is 2.22. The van der Waals surface area contributed by atoms with Crippen molar-refractivity contribution in [2.45, 2.75) is 18.9 Å². The Hall–Kier alpha value is -2.44. The number of nitrogen functional groups attached to an aromatic ring is 1. The molecule has 2 heterocycles. The van der Waals surface area contributed by atoms with Crippen LogP contribution in [0.5, 0.6) is 11.5 Å². The fourth-order valence-corrected chi connectivity index (χ4v) is 2.30. The summed E-state index contributed by atoms with van der Waals surface area (Å²) in [4.78, 5) is 23.8. The van der Waals surface area contributed by atoms with Crippen molar-refractivity contribution in [1.82, 2.24) is 10.6 Å². The molecule has 1 fully saturated rings. The third-order valence-electron chi connectivity index (χ3n) is 3.38. The van der Waals surface area contributed by atoms with Gasteiger partial charge < -0.3 is 25.8 Å². The molecule has 0 spiro atoms. The molecule has 1 unspecified atom stereocenters. The Morgan fingerprint density at radius 3 is 2.85 bits per heavy atom. The van der Waals surface area contributed by atoms with E-state index in [1.807, 2.05) is 0 Å². The lowest BCUT2D eigenvalue weighted by Gasteiger charge is -2.23. The number of benzene rings is 1. The molecule has 7 nitrogen and oxygen atoms in total. The maximum Gasteiger partial charge on any atom is 0.254 e. The van der Waals surface area contributed by atoms with E-state index in [0.29, 0.717) is 30.2 Å². The van der Waals surface area contributed by atoms with Gasteiger partial charge >= 0.3 is 0 Å². The summed E-state index contributed by atoms with van der Waals surface area (Å²) < 4.78 is 10.4. The van der Waals surface area contributed by atoms with Crippen LogP contribution in [-0.4, -0.2) is 31.2 Å². The van der Waals surface area contributed by atoms with E-state index in [-0.39, 0.29) is 24.2 Å². The average Bonchev–Trinajstić information content (AvgIpc) is 2.87. The van der Waals surface area contributed by atoms with Crippen molar-refractivity contribution in [3.05, 3.63) is 17.7 Å². The van der Waals surface area contributed by atoms with Crippen LogP contribution < -0.4 is 25.8 Å². The first-order chi connectivity index (χ1) is 9.65. The number of ether oxygens (including phenoxy) is 2. The number of rotatable bonds is 2. The second-order valence-corrected chi connectivity index (χ2v) is 4.75. The fourth-order valence-electron chi connectivity index (χ4n) is 2.30. The number of amides is 2. The molecule has 0 saturated carbocycles. The Labute approximate surface area is 115 Å². The van der Waals surface area contributed by atoms with Gasteiger partial charge in [0.05, 0.1) is 5.56 Å². The molecule has 2 aliphatic heterocycles. The van der Waals surface area contributed by atoms with E-state index in [9.17, 15) is 9.59 Å². The van der Waals surface area contributed by atoms with Gasteiger partial charge in [-0.05, 0) is 18.9 Å². The number of piperidine rings is 1. The number of nitrogens with two attached hydrogens (primary N) is 1. The number of carbonyl (C=O) groups is 2. The first-order valence-corrected chi connectivity index (χ1v) is 6.43. The van der Waals surface area contributed by atoms with E-state index in [1.165, 1.54) is 6.07 Å². The van der Waals surface area contributed by atoms with Crippen molar-refractivity contribution in [2.24, 2.45) is 0 Å². The van der Waals surface area contributed by atoms with Crippen LogP contribution >= 0.6 is 0 Å². The number of anilines is 1. The van der Waals surface area contributed by atoms with Crippen LogP contribution in [0, 0.1) is 0 Å². The van der Waals surface area contributed by atoms with Gasteiger partial charge in [-0.25, -0.2) is 0 Å². The van der Waals surface area contributed by atoms with E-state index >= 15 is 0 Å². The number of carbonyl (C=O) groups excluding carboxylic acids is 2. The topological polar surface area (TPSA) is 103 Å². The molecule has 1 aromatic carbocycles. The second-order valence-electron chi connectivity index (χ2n) is 4.75. The van der Waals surface area contributed by atoms with Crippen LogP contribution in [0.2, 0.25) is 0 Å². The highest BCUT2D eigenvalue weighted by Crippen LogP contribution is 2.35. The molecule has 106 valence electrons. The van der Waals surface area contributed by atoms with Crippen molar-refractivity contribution < 1.29 is 19.1 Å². The summed E-state index contributed by atoms with van der Waals surface area (Å²) in [7, 11) is 0. The molecule has 2 amide bonds. The van der Waals surface area contributed by atoms with Gasteiger partial charge in [0.1, 0.15) is 6.04 Å². The van der Waals surface area contributed by atoms with E-state index in [1.54, 1.807) is 6.07 Å². The molecule has 0 bridgehead atoms. The summed E-state index contributed by atoms with van der Waals surface area (Å²) in [6.07, 6.45) is 1.47. The first kappa shape index (κ1) is 12.6. The minimum absolute atomic E-state index is 0.116. The predicted octanol–water partition coefficient (Wildman–Crippen LogP) is 0.00590. The van der Waals surface area contributed by atoms with Gasteiger partial charge in [0.15, 0.2) is 11.5 Å². The quantitative estimate of drug-likeness (QED) is 0.661. The zero-order valence-corrected chi connectivity index (χ0v) is 10.8. The van der Waals surface area contributed by atoms with E-state index in [4.69, 9.17) is 15.2 Å². The van der Waals surface area contributed by atoms with Gasteiger partial charge in [-0.1, -0.05) is 0 Å². The highest BCUT2D eigenvalue weighted by molar-refractivity contribution is 6.02. The molecule has 0 radical (unpaired) electrons. The highest BCUT2D eigenvalue weighted by Gasteiger charge is 2.26. The fraction of sp³-hybridized carbons (Fsp3) is 0.385. The van der Waals surface area contributed by atoms with Crippen molar-refractivity contribution >= 4 is 17.5 Å². The molecular formula is C13H15N3O4. The monoisotopic (exact) mass is 277 g/mol. The minimum atomic E-state index is -0.513. The van der Waals surface area contributed by atoms with Crippen molar-refractivity contribution in [1.29, 1.82) is 0 Å². The molecule has 7 heteroatoms. The number of hydrogen-bond donors (Lipinski definition) is 3. The Kier molecular flexibility index (Phi) is 3.09. The third-order valence-corrected chi connectivity index (χ3v) is 3.38. The molecule has 4 N–H and O–H groups in total. The van der Waals surface area contributed by atoms with Gasteiger partial charge in [0, 0.05) is 18.3 Å². The molecule has 3 rings (SSSR count). The number of fused-ring (bicyclic) bond motifs is 1. The molecule has 1 aromatic rings. The van der Waals surface area contributed by atoms with E-state index in [2.05, 4.69) is 10.6 Å². The molecule has 1 saturated heterocycles. The minimum Gasteiger partial charge on any atom is -0.454 e. The van der Waals surface area contributed by atoms with Crippen molar-refractivity contribution in [3.8, 4) is 11.5 Å². The lowest BCUT2D eigenvalue weighted by atomic mass is 10.1. The van der Waals surface area contributed by atoms with Crippen LogP contribution in [0.3, 0.4) is 0 Å². The number of nitrogens with one attached hydrogen (secondary N) is 2. The SMILES string of the molecule is Nc1cc2c(cc1C(=O)NC1CCCNC1=O)OCO2. The molecule has 1 atom stereocenters. The maximum absolute atomic E-state index is 12.2. The zero-order valence-electron chi connectivity index (χ0n) is 10.8. The largest absolute Gasteiger partial charge is 0.454 e. The van der Waals surface area contributed by atoms with Crippen molar-refractivity contribution in [2.75, 3.05) is 19.1 Å². The molecule has 0 aliphatic carbocycles. The molecule has 0 aromatic heterocycles. The van der Waals surface area contributed by atoms with E-state index in [0.717, 1.165) is 6.42 Å². The standard InChI is InChI=1S/C13H15N3O4/c14-8-5-11-10(19-6-20-11)4-7(8)12(17)16-9-2-1-3-15-13(9)18/h4-5,9H,1-3,6,14H2,(H,15,18)(H,16,17). The Bertz CT molecular complexity index is 573. The van der Waals surface area contributed by atoms with Crippen LogP contribution in [0.15, 0.2) is 12.1 Å². The lowest BCUT2D eigenvalue weighted by molar-refractivity contribution is -0.124. The number of hydrogen-bond acceptors (Lipinski definition) is 5. The predicted molar refractivity (Wildman–Crippen MR) is 70.5 cm³/mol. The molecule has 20 heavy (non-hydrogen) atoms. The van der Waals surface area contributed by atoms with Gasteiger partial charge in [0.2, 0.25) is 12.7 Å². The highest BCUT2D eigenvalue weighted by atomic mass is 16.7.